The van der Waals surface area contributed by atoms with Crippen molar-refractivity contribution in [2.45, 2.75) is 6.36 Å². The average Bonchev–Trinajstić information content (AvgIpc) is 2.82. The maximum absolute atomic E-state index is 12.4. The molecule has 0 radical (unpaired) electrons. The van der Waals surface area contributed by atoms with Gasteiger partial charge in [0.25, 0.3) is 0 Å². The molecule has 6 nitrogen and oxygen atoms in total. The molecule has 0 unspecified atom stereocenters. The number of hydrogen-bond donors (Lipinski definition) is 0. The summed E-state index contributed by atoms with van der Waals surface area (Å²) >= 11 is 1.80. The maximum atomic E-state index is 12.4. The molecule has 1 aromatic carbocycles. The highest BCUT2D eigenvalue weighted by Gasteiger charge is 2.32. The van der Waals surface area contributed by atoms with E-state index in [1.807, 2.05) is 0 Å². The number of halogens is 4. The Morgan fingerprint density at radius 1 is 1.07 bits per heavy atom. The van der Waals surface area contributed by atoms with Crippen molar-refractivity contribution in [1.29, 1.82) is 0 Å². The molecule has 0 N–H and O–H groups in total. The van der Waals surface area contributed by atoms with E-state index in [0.717, 1.165) is 26.4 Å². The van der Waals surface area contributed by atoms with Gasteiger partial charge in [-0.05, 0) is 52.9 Å². The van der Waals surface area contributed by atoms with Crippen LogP contribution in [-0.4, -0.2) is 32.5 Å². The first-order chi connectivity index (χ1) is 12.7. The first kappa shape index (κ1) is 20.8. The summed E-state index contributed by atoms with van der Waals surface area (Å²) in [6.07, 6.45) is 1.09. The van der Waals surface area contributed by atoms with Gasteiger partial charge in [-0.1, -0.05) is 6.08 Å². The minimum absolute atomic E-state index is 0.0687. The van der Waals surface area contributed by atoms with Crippen LogP contribution >= 0.6 is 22.6 Å². The number of ether oxygens (including phenoxy) is 3. The van der Waals surface area contributed by atoms with Gasteiger partial charge in [0, 0.05) is 9.77 Å². The van der Waals surface area contributed by atoms with E-state index in [4.69, 9.17) is 9.47 Å². The van der Waals surface area contributed by atoms with Gasteiger partial charge in [-0.15, -0.1) is 13.2 Å². The molecule has 0 bridgehead atoms. The highest BCUT2D eigenvalue weighted by molar-refractivity contribution is 14.1. The summed E-state index contributed by atoms with van der Waals surface area (Å²) in [6.45, 7) is 0. The fourth-order valence-electron chi connectivity index (χ4n) is 2.23. The lowest BCUT2D eigenvalue weighted by molar-refractivity contribution is -0.274. The number of methoxy groups -OCH3 is 2. The molecule has 0 saturated carbocycles. The van der Waals surface area contributed by atoms with Gasteiger partial charge < -0.3 is 19.1 Å². The summed E-state index contributed by atoms with van der Waals surface area (Å²) in [5.74, 6) is -2.00. The van der Waals surface area contributed by atoms with Crippen LogP contribution in [0.15, 0.2) is 53.9 Å². The van der Waals surface area contributed by atoms with Crippen LogP contribution in [0.1, 0.15) is 0 Å². The predicted molar refractivity (Wildman–Crippen MR) is 97.7 cm³/mol. The molecule has 0 aromatic heterocycles. The molecule has 1 aliphatic heterocycles. The lowest BCUT2D eigenvalue weighted by Crippen LogP contribution is -2.27. The summed E-state index contributed by atoms with van der Waals surface area (Å²) in [4.78, 5) is 25.7. The van der Waals surface area contributed by atoms with Gasteiger partial charge in [-0.2, -0.15) is 0 Å². The normalized spacial score (nSPS) is 14.1. The highest BCUT2D eigenvalue weighted by atomic mass is 127. The molecule has 1 aliphatic rings. The topological polar surface area (TPSA) is 65.1 Å². The average molecular weight is 495 g/mol. The molecule has 0 amide bonds. The van der Waals surface area contributed by atoms with Gasteiger partial charge in [0.1, 0.15) is 11.4 Å². The second-order valence-electron chi connectivity index (χ2n) is 4.98. The van der Waals surface area contributed by atoms with Crippen LogP contribution in [0.3, 0.4) is 0 Å². The Bertz CT molecular complexity index is 845. The maximum Gasteiger partial charge on any atom is 0.573 e. The summed E-state index contributed by atoms with van der Waals surface area (Å²) in [7, 11) is 2.31. The number of hydrogen-bond acceptors (Lipinski definition) is 6. The third-order valence-electron chi connectivity index (χ3n) is 3.30. The van der Waals surface area contributed by atoms with E-state index >= 15 is 0 Å². The Morgan fingerprint density at radius 3 is 2.30 bits per heavy atom. The number of alkyl halides is 3. The summed E-state index contributed by atoms with van der Waals surface area (Å²) in [5, 5.41) is 0. The minimum atomic E-state index is -4.83. The molecule has 2 rings (SSSR count). The Labute approximate surface area is 166 Å². The van der Waals surface area contributed by atoms with E-state index in [-0.39, 0.29) is 11.3 Å². The van der Waals surface area contributed by atoms with Crippen molar-refractivity contribution in [3.8, 4) is 5.75 Å². The van der Waals surface area contributed by atoms with Crippen molar-refractivity contribution >= 4 is 40.2 Å². The van der Waals surface area contributed by atoms with E-state index < -0.39 is 24.1 Å². The van der Waals surface area contributed by atoms with E-state index in [1.165, 1.54) is 29.3 Å². The molecular formula is C17H13F3INO5. The monoisotopic (exact) mass is 495 g/mol. The van der Waals surface area contributed by atoms with Crippen molar-refractivity contribution < 1.29 is 37.0 Å². The van der Waals surface area contributed by atoms with Gasteiger partial charge in [0.2, 0.25) is 0 Å². The highest BCUT2D eigenvalue weighted by Crippen LogP contribution is 2.34. The van der Waals surface area contributed by atoms with Crippen molar-refractivity contribution in [3.05, 3.63) is 57.5 Å². The number of esters is 2. The van der Waals surface area contributed by atoms with Gasteiger partial charge in [0.15, 0.2) is 0 Å². The molecule has 0 atom stereocenters. The van der Waals surface area contributed by atoms with Crippen LogP contribution in [0.4, 0.5) is 18.9 Å². The zero-order valence-corrected chi connectivity index (χ0v) is 16.2. The number of anilines is 1. The fraction of sp³-hybridized carbons (Fsp3) is 0.176. The SMILES string of the molecule is COC(=O)C1=C(C(=O)OC)N(c2ccc(OC(F)(F)F)cc2I)C=CC=C1. The predicted octanol–water partition coefficient (Wildman–Crippen LogP) is 3.68. The van der Waals surface area contributed by atoms with Gasteiger partial charge in [-0.25, -0.2) is 9.59 Å². The lowest BCUT2D eigenvalue weighted by atomic mass is 10.1. The van der Waals surface area contributed by atoms with E-state index in [1.54, 1.807) is 28.7 Å². The summed E-state index contributed by atoms with van der Waals surface area (Å²) in [5.41, 5.74) is 0.129. The molecule has 144 valence electrons. The molecular weight excluding hydrogens is 482 g/mol. The van der Waals surface area contributed by atoms with Crippen LogP contribution in [0.25, 0.3) is 0 Å². The Hall–Kier alpha value is -2.50. The van der Waals surface area contributed by atoms with Gasteiger partial charge in [-0.3, -0.25) is 0 Å². The number of nitrogens with zero attached hydrogens (tertiary/aromatic N) is 1. The minimum Gasteiger partial charge on any atom is -0.465 e. The Balaban J connectivity index is 2.57. The second-order valence-corrected chi connectivity index (χ2v) is 6.14. The Morgan fingerprint density at radius 2 is 1.74 bits per heavy atom. The molecule has 1 aromatic rings. The zero-order valence-electron chi connectivity index (χ0n) is 14.0. The van der Waals surface area contributed by atoms with Crippen LogP contribution < -0.4 is 9.64 Å². The zero-order chi connectivity index (χ0) is 20.2. The molecule has 1 heterocycles. The lowest BCUT2D eigenvalue weighted by Gasteiger charge is -2.24. The summed E-state index contributed by atoms with van der Waals surface area (Å²) < 4.78 is 50.9. The first-order valence-corrected chi connectivity index (χ1v) is 8.36. The number of rotatable bonds is 4. The van der Waals surface area contributed by atoms with Gasteiger partial charge >= 0.3 is 18.3 Å². The third kappa shape index (κ3) is 5.02. The van der Waals surface area contributed by atoms with Crippen molar-refractivity contribution in [3.63, 3.8) is 0 Å². The number of benzene rings is 1. The van der Waals surface area contributed by atoms with Crippen LogP contribution in [-0.2, 0) is 19.1 Å². The number of carbonyl (C=O) groups is 2. The third-order valence-corrected chi connectivity index (χ3v) is 4.17. The van der Waals surface area contributed by atoms with Crippen molar-refractivity contribution in [2.24, 2.45) is 0 Å². The molecule has 0 aliphatic carbocycles. The fourth-order valence-corrected chi connectivity index (χ4v) is 2.98. The summed E-state index contributed by atoms with van der Waals surface area (Å²) in [6, 6.07) is 3.59. The Kier molecular flexibility index (Phi) is 6.52. The van der Waals surface area contributed by atoms with Crippen LogP contribution in [0.5, 0.6) is 5.75 Å². The number of carbonyl (C=O) groups excluding carboxylic acids is 2. The molecule has 27 heavy (non-hydrogen) atoms. The quantitative estimate of drug-likeness (QED) is 0.470. The van der Waals surface area contributed by atoms with E-state index in [2.05, 4.69) is 4.74 Å². The molecule has 10 heteroatoms. The molecule has 0 spiro atoms. The van der Waals surface area contributed by atoms with Crippen molar-refractivity contribution in [2.75, 3.05) is 19.1 Å². The van der Waals surface area contributed by atoms with E-state index in [9.17, 15) is 22.8 Å². The second kappa shape index (κ2) is 8.46. The standard InChI is InChI=1S/C17H13F3INO5/c1-25-15(23)11-5-3-4-8-22(14(11)16(24)26-2)13-7-6-10(9-12(13)21)27-17(18,19)20/h3-9H,1-2H3. The molecule has 0 fully saturated rings. The number of allylic oxidation sites excluding steroid dienone is 2. The molecule has 0 saturated heterocycles. The van der Waals surface area contributed by atoms with E-state index in [0.29, 0.717) is 9.26 Å². The largest absolute Gasteiger partial charge is 0.573 e. The first-order valence-electron chi connectivity index (χ1n) is 7.28. The van der Waals surface area contributed by atoms with Gasteiger partial charge in [0.05, 0.1) is 25.5 Å². The smallest absolute Gasteiger partial charge is 0.465 e. The van der Waals surface area contributed by atoms with Crippen LogP contribution in [0.2, 0.25) is 0 Å². The van der Waals surface area contributed by atoms with Crippen molar-refractivity contribution in [1.82, 2.24) is 0 Å². The van der Waals surface area contributed by atoms with Crippen LogP contribution in [0, 0.1) is 3.57 Å².